The summed E-state index contributed by atoms with van der Waals surface area (Å²) in [6, 6.07) is 14.6. The van der Waals surface area contributed by atoms with Crippen LogP contribution in [0.1, 0.15) is 18.1 Å². The first-order chi connectivity index (χ1) is 18.2. The minimum absolute atomic E-state index is 0.0481. The first-order valence-electron chi connectivity index (χ1n) is 11.2. The Balaban J connectivity index is 1.68. The van der Waals surface area contributed by atoms with Crippen molar-refractivity contribution in [2.75, 3.05) is 11.5 Å². The number of rotatable bonds is 8. The highest BCUT2D eigenvalue weighted by molar-refractivity contribution is 14.1. The number of hydrogen-bond donors (Lipinski definition) is 1. The molecule has 0 unspecified atom stereocenters. The normalized spacial score (nSPS) is 14.4. The minimum atomic E-state index is -1.01. The molecule has 194 valence electrons. The number of amides is 4. The van der Waals surface area contributed by atoms with Gasteiger partial charge in [-0.25, -0.2) is 9.69 Å². The predicted molar refractivity (Wildman–Crippen MR) is 148 cm³/mol. The number of ether oxygens (including phenoxy) is 2. The van der Waals surface area contributed by atoms with Gasteiger partial charge in [0.1, 0.15) is 12.2 Å². The molecular formula is C26H19ClIN3O7. The second kappa shape index (κ2) is 11.6. The average Bonchev–Trinajstić information content (AvgIpc) is 2.87. The van der Waals surface area contributed by atoms with E-state index in [-0.39, 0.29) is 23.6 Å². The number of halogens is 2. The number of nitro benzene ring substituents is 1. The first kappa shape index (κ1) is 27.1. The highest BCUT2D eigenvalue weighted by Crippen LogP contribution is 2.36. The van der Waals surface area contributed by atoms with Gasteiger partial charge in [0, 0.05) is 22.7 Å². The second-order valence-corrected chi connectivity index (χ2v) is 9.45. The molecule has 12 heteroatoms. The zero-order valence-electron chi connectivity index (χ0n) is 19.8. The van der Waals surface area contributed by atoms with Crippen LogP contribution in [0.25, 0.3) is 6.08 Å². The summed E-state index contributed by atoms with van der Waals surface area (Å²) in [5.41, 5.74) is 0.532. The number of benzene rings is 3. The summed E-state index contributed by atoms with van der Waals surface area (Å²) in [5.74, 6) is -0.976. The van der Waals surface area contributed by atoms with Crippen molar-refractivity contribution in [3.8, 4) is 11.5 Å². The number of non-ortho nitro benzene ring substituents is 1. The molecule has 3 aromatic rings. The number of nitrogens with one attached hydrogen (secondary N) is 1. The number of carbonyl (C=O) groups excluding carboxylic acids is 3. The van der Waals surface area contributed by atoms with Crippen LogP contribution in [0.5, 0.6) is 11.5 Å². The first-order valence-corrected chi connectivity index (χ1v) is 12.6. The van der Waals surface area contributed by atoms with E-state index >= 15 is 0 Å². The third-order valence-electron chi connectivity index (χ3n) is 5.37. The van der Waals surface area contributed by atoms with Crippen molar-refractivity contribution in [2.45, 2.75) is 13.5 Å². The van der Waals surface area contributed by atoms with Gasteiger partial charge in [-0.1, -0.05) is 35.9 Å². The highest BCUT2D eigenvalue weighted by atomic mass is 127. The Labute approximate surface area is 235 Å². The molecule has 3 aromatic carbocycles. The van der Waals surface area contributed by atoms with E-state index in [1.54, 1.807) is 25.1 Å². The zero-order chi connectivity index (χ0) is 27.4. The van der Waals surface area contributed by atoms with Gasteiger partial charge in [-0.2, -0.15) is 0 Å². The molecule has 1 aliphatic rings. The van der Waals surface area contributed by atoms with Crippen LogP contribution >= 0.6 is 34.2 Å². The minimum Gasteiger partial charge on any atom is -0.490 e. The summed E-state index contributed by atoms with van der Waals surface area (Å²) in [6.07, 6.45) is 1.32. The second-order valence-electron chi connectivity index (χ2n) is 7.88. The lowest BCUT2D eigenvalue weighted by Crippen LogP contribution is -2.54. The van der Waals surface area contributed by atoms with Gasteiger partial charge in [0.15, 0.2) is 11.5 Å². The van der Waals surface area contributed by atoms with Gasteiger partial charge in [-0.15, -0.1) is 0 Å². The molecule has 10 nitrogen and oxygen atoms in total. The monoisotopic (exact) mass is 647 g/mol. The van der Waals surface area contributed by atoms with Gasteiger partial charge in [0.2, 0.25) is 0 Å². The van der Waals surface area contributed by atoms with Crippen LogP contribution < -0.4 is 19.7 Å². The van der Waals surface area contributed by atoms with Gasteiger partial charge in [0.25, 0.3) is 17.5 Å². The van der Waals surface area contributed by atoms with E-state index in [4.69, 9.17) is 21.1 Å². The Morgan fingerprint density at radius 2 is 1.84 bits per heavy atom. The molecule has 0 aliphatic carbocycles. The summed E-state index contributed by atoms with van der Waals surface area (Å²) in [7, 11) is 0. The van der Waals surface area contributed by atoms with E-state index in [2.05, 4.69) is 27.9 Å². The van der Waals surface area contributed by atoms with Gasteiger partial charge in [0.05, 0.1) is 20.8 Å². The average molecular weight is 648 g/mol. The molecule has 38 heavy (non-hydrogen) atoms. The lowest BCUT2D eigenvalue weighted by Gasteiger charge is -2.26. The summed E-state index contributed by atoms with van der Waals surface area (Å²) >= 11 is 8.28. The van der Waals surface area contributed by atoms with Crippen molar-refractivity contribution in [2.24, 2.45) is 0 Å². The molecule has 4 rings (SSSR count). The largest absolute Gasteiger partial charge is 0.490 e. The van der Waals surface area contributed by atoms with Crippen molar-refractivity contribution in [3.63, 3.8) is 0 Å². The Morgan fingerprint density at radius 1 is 1.08 bits per heavy atom. The molecule has 4 amide bonds. The molecule has 0 spiro atoms. The summed E-state index contributed by atoms with van der Waals surface area (Å²) in [5, 5.41) is 13.8. The summed E-state index contributed by atoms with van der Waals surface area (Å²) in [6.45, 7) is 2.32. The Kier molecular flexibility index (Phi) is 8.27. The Bertz CT molecular complexity index is 1490. The van der Waals surface area contributed by atoms with E-state index in [0.29, 0.717) is 37.2 Å². The lowest BCUT2D eigenvalue weighted by atomic mass is 10.1. The van der Waals surface area contributed by atoms with Crippen molar-refractivity contribution in [1.29, 1.82) is 0 Å². The van der Waals surface area contributed by atoms with Crippen molar-refractivity contribution < 1.29 is 28.8 Å². The smallest absolute Gasteiger partial charge is 0.335 e. The maximum absolute atomic E-state index is 13.2. The molecule has 0 bridgehead atoms. The fourth-order valence-electron chi connectivity index (χ4n) is 3.64. The topological polar surface area (TPSA) is 128 Å². The maximum atomic E-state index is 13.2. The number of barbiturate groups is 1. The fraction of sp³-hybridized carbons (Fsp3) is 0.115. The third-order valence-corrected chi connectivity index (χ3v) is 6.54. The van der Waals surface area contributed by atoms with Crippen molar-refractivity contribution in [3.05, 3.63) is 96.1 Å². The molecule has 0 atom stereocenters. The Morgan fingerprint density at radius 3 is 2.55 bits per heavy atom. The molecule has 1 N–H and O–H groups in total. The van der Waals surface area contributed by atoms with Gasteiger partial charge in [-0.05, 0) is 65.4 Å². The number of imide groups is 2. The number of anilines is 1. The number of urea groups is 1. The van der Waals surface area contributed by atoms with Crippen LogP contribution in [-0.4, -0.2) is 29.4 Å². The van der Waals surface area contributed by atoms with Crippen LogP contribution in [0, 0.1) is 13.7 Å². The van der Waals surface area contributed by atoms with E-state index in [1.807, 2.05) is 18.2 Å². The van der Waals surface area contributed by atoms with Gasteiger partial charge < -0.3 is 9.47 Å². The quantitative estimate of drug-likeness (QED) is 0.113. The van der Waals surface area contributed by atoms with Crippen LogP contribution in [0.3, 0.4) is 0 Å². The lowest BCUT2D eigenvalue weighted by molar-refractivity contribution is -0.384. The van der Waals surface area contributed by atoms with Crippen LogP contribution in [0.15, 0.2) is 66.2 Å². The molecule has 0 aromatic heterocycles. The number of carbonyl (C=O) groups is 3. The van der Waals surface area contributed by atoms with E-state index < -0.39 is 22.8 Å². The fourth-order valence-corrected chi connectivity index (χ4v) is 4.62. The van der Waals surface area contributed by atoms with E-state index in [1.165, 1.54) is 24.3 Å². The van der Waals surface area contributed by atoms with E-state index in [9.17, 15) is 24.5 Å². The molecule has 1 aliphatic heterocycles. The third kappa shape index (κ3) is 5.78. The van der Waals surface area contributed by atoms with E-state index in [0.717, 1.165) is 11.6 Å². The number of nitrogens with zero attached hydrogens (tertiary/aromatic N) is 2. The molecule has 1 heterocycles. The number of hydrogen-bond acceptors (Lipinski definition) is 7. The maximum Gasteiger partial charge on any atom is 0.335 e. The molecular weight excluding hydrogens is 629 g/mol. The van der Waals surface area contributed by atoms with Gasteiger partial charge in [-0.3, -0.25) is 25.0 Å². The SMILES string of the molecule is CCOc1cc(/C=C2\C(=O)NC(=O)N(c3cccc([N+](=O)[O-])c3)C2=O)cc(I)c1OCc1ccccc1Cl. The predicted octanol–water partition coefficient (Wildman–Crippen LogP) is 5.50. The Hall–Kier alpha value is -3.97. The van der Waals surface area contributed by atoms with Crippen molar-refractivity contribution >= 4 is 69.5 Å². The van der Waals surface area contributed by atoms with Crippen LogP contribution in [-0.2, 0) is 16.2 Å². The zero-order valence-corrected chi connectivity index (χ0v) is 22.7. The van der Waals surface area contributed by atoms with Crippen molar-refractivity contribution in [1.82, 2.24) is 5.32 Å². The van der Waals surface area contributed by atoms with Gasteiger partial charge >= 0.3 is 6.03 Å². The number of nitro groups is 1. The molecule has 0 saturated carbocycles. The molecule has 1 saturated heterocycles. The summed E-state index contributed by atoms with van der Waals surface area (Å²) < 4.78 is 12.4. The van der Waals surface area contributed by atoms with Crippen LogP contribution in [0.4, 0.5) is 16.2 Å². The molecule has 0 radical (unpaired) electrons. The van der Waals surface area contributed by atoms with Crippen LogP contribution in [0.2, 0.25) is 5.02 Å². The standard InChI is InChI=1S/C26H19ClIN3O7/c1-2-37-22-12-15(11-21(28)23(22)38-14-16-6-3-4-9-20(16)27)10-19-24(32)29-26(34)30(25(19)33)17-7-5-8-18(13-17)31(35)36/h3-13H,2,14H2,1H3,(H,29,32,34)/b19-10+. The summed E-state index contributed by atoms with van der Waals surface area (Å²) in [4.78, 5) is 49.5. The molecule has 1 fully saturated rings. The highest BCUT2D eigenvalue weighted by Gasteiger charge is 2.37.